The third-order valence-electron chi connectivity index (χ3n) is 5.56. The van der Waals surface area contributed by atoms with E-state index in [0.29, 0.717) is 28.7 Å². The summed E-state index contributed by atoms with van der Waals surface area (Å²) in [6, 6.07) is 11.5. The highest BCUT2D eigenvalue weighted by Crippen LogP contribution is 2.25. The van der Waals surface area contributed by atoms with Gasteiger partial charge in [-0.2, -0.15) is 0 Å². The molecular formula is C27H26ClFN4O5. The molecule has 0 bridgehead atoms. The number of aromatic nitrogens is 1. The first-order valence-corrected chi connectivity index (χ1v) is 11.6. The standard InChI is InChI=1S/C26H22ClFN4O5.CH4/c1-32-9-8-29-25(32)15-2-6-19(21(28)10-15)26(36)31-22-7-5-18(37-14-24(34)35)12-20(22)23(33)11-17-4-3-16(27)13-30-17;/h2-7,10,12-13H,8-9,11,14H2,1H3,(H,31,36)(H,34,35);1H4. The van der Waals surface area contributed by atoms with Crippen molar-refractivity contribution >= 4 is 40.8 Å². The molecule has 0 saturated carbocycles. The Kier molecular flexibility index (Phi) is 9.14. The van der Waals surface area contributed by atoms with E-state index in [2.05, 4.69) is 15.3 Å². The number of ketones is 1. The number of Topliss-reactive ketones (excluding diaryl/α,β-unsaturated/α-hetero) is 1. The Hall–Kier alpha value is -4.31. The van der Waals surface area contributed by atoms with Gasteiger partial charge >= 0.3 is 5.97 Å². The Morgan fingerprint density at radius 3 is 2.55 bits per heavy atom. The predicted octanol–water partition coefficient (Wildman–Crippen LogP) is 4.34. The van der Waals surface area contributed by atoms with Crippen LogP contribution in [0.3, 0.4) is 0 Å². The number of ether oxygens (including phenoxy) is 1. The zero-order valence-corrected chi connectivity index (χ0v) is 20.5. The number of pyridine rings is 1. The average Bonchev–Trinajstić information content (AvgIpc) is 3.30. The molecule has 0 unspecified atom stereocenters. The van der Waals surface area contributed by atoms with Gasteiger partial charge in [-0.3, -0.25) is 19.6 Å². The zero-order chi connectivity index (χ0) is 26.5. The summed E-state index contributed by atoms with van der Waals surface area (Å²) in [5, 5.41) is 11.9. The van der Waals surface area contributed by atoms with Gasteiger partial charge in [-0.15, -0.1) is 0 Å². The highest BCUT2D eigenvalue weighted by Gasteiger charge is 2.21. The summed E-state index contributed by atoms with van der Waals surface area (Å²) >= 11 is 5.85. The summed E-state index contributed by atoms with van der Waals surface area (Å²) in [6.07, 6.45) is 1.28. The number of hydrogen-bond acceptors (Lipinski definition) is 7. The van der Waals surface area contributed by atoms with Gasteiger partial charge in [0, 0.05) is 36.6 Å². The molecule has 1 aliphatic rings. The minimum Gasteiger partial charge on any atom is -0.482 e. The molecule has 0 saturated heterocycles. The molecular weight excluding hydrogens is 515 g/mol. The average molecular weight is 541 g/mol. The molecule has 2 heterocycles. The molecule has 198 valence electrons. The third kappa shape index (κ3) is 6.71. The fourth-order valence-electron chi connectivity index (χ4n) is 3.74. The predicted molar refractivity (Wildman–Crippen MR) is 142 cm³/mol. The summed E-state index contributed by atoms with van der Waals surface area (Å²) in [6.45, 7) is 0.730. The van der Waals surface area contributed by atoms with Crippen molar-refractivity contribution < 1.29 is 28.6 Å². The number of likely N-dealkylation sites (N-methyl/N-ethyl adjacent to an activating group) is 1. The second kappa shape index (κ2) is 12.3. The van der Waals surface area contributed by atoms with Crippen LogP contribution in [0.4, 0.5) is 10.1 Å². The number of anilines is 1. The molecule has 1 amide bonds. The van der Waals surface area contributed by atoms with Crippen LogP contribution in [0.25, 0.3) is 0 Å². The molecule has 2 aromatic carbocycles. The number of aliphatic carboxylic acids is 1. The van der Waals surface area contributed by atoms with Gasteiger partial charge in [-0.05, 0) is 42.5 Å². The summed E-state index contributed by atoms with van der Waals surface area (Å²) in [5.41, 5.74) is 0.932. The van der Waals surface area contributed by atoms with Gasteiger partial charge in [0.1, 0.15) is 17.4 Å². The number of rotatable bonds is 9. The van der Waals surface area contributed by atoms with Crippen LogP contribution in [-0.4, -0.2) is 65.2 Å². The second-order valence-corrected chi connectivity index (χ2v) is 8.67. The van der Waals surface area contributed by atoms with E-state index >= 15 is 0 Å². The zero-order valence-electron chi connectivity index (χ0n) is 19.7. The van der Waals surface area contributed by atoms with Crippen molar-refractivity contribution in [2.75, 3.05) is 32.1 Å². The van der Waals surface area contributed by atoms with Gasteiger partial charge in [0.2, 0.25) is 0 Å². The molecule has 0 fully saturated rings. The molecule has 0 spiro atoms. The number of carboxylic acids is 1. The van der Waals surface area contributed by atoms with E-state index in [1.165, 1.54) is 36.5 Å². The molecule has 0 atom stereocenters. The Balaban J connectivity index is 0.00000400. The van der Waals surface area contributed by atoms with Gasteiger partial charge in [0.15, 0.2) is 12.4 Å². The van der Waals surface area contributed by atoms with Crippen molar-refractivity contribution in [2.24, 2.45) is 4.99 Å². The van der Waals surface area contributed by atoms with E-state index < -0.39 is 30.1 Å². The lowest BCUT2D eigenvalue weighted by Gasteiger charge is -2.15. The van der Waals surface area contributed by atoms with E-state index in [1.807, 2.05) is 11.9 Å². The lowest BCUT2D eigenvalue weighted by Crippen LogP contribution is -2.24. The van der Waals surface area contributed by atoms with Crippen molar-refractivity contribution in [1.82, 2.24) is 9.88 Å². The molecule has 11 heteroatoms. The summed E-state index contributed by atoms with van der Waals surface area (Å²) in [5.74, 6) is -2.36. The number of amides is 1. The number of carbonyl (C=O) groups excluding carboxylic acids is 2. The first kappa shape index (κ1) is 28.3. The number of aliphatic imine (C=N–C) groups is 1. The minimum atomic E-state index is -1.19. The lowest BCUT2D eigenvalue weighted by atomic mass is 10.0. The largest absolute Gasteiger partial charge is 0.482 e. The topological polar surface area (TPSA) is 121 Å². The maximum absolute atomic E-state index is 14.9. The number of benzene rings is 2. The lowest BCUT2D eigenvalue weighted by molar-refractivity contribution is -0.139. The van der Waals surface area contributed by atoms with Crippen LogP contribution < -0.4 is 10.1 Å². The van der Waals surface area contributed by atoms with Crippen LogP contribution in [-0.2, 0) is 11.2 Å². The van der Waals surface area contributed by atoms with E-state index in [1.54, 1.807) is 18.2 Å². The molecule has 4 rings (SSSR count). The molecule has 1 aromatic heterocycles. The molecule has 38 heavy (non-hydrogen) atoms. The first-order valence-electron chi connectivity index (χ1n) is 11.2. The number of hydrogen-bond donors (Lipinski definition) is 2. The first-order chi connectivity index (χ1) is 17.7. The minimum absolute atomic E-state index is 0. The highest BCUT2D eigenvalue weighted by molar-refractivity contribution is 6.30. The van der Waals surface area contributed by atoms with Crippen molar-refractivity contribution in [1.29, 1.82) is 0 Å². The van der Waals surface area contributed by atoms with E-state index in [-0.39, 0.29) is 36.4 Å². The smallest absolute Gasteiger partial charge is 0.341 e. The fourth-order valence-corrected chi connectivity index (χ4v) is 3.85. The number of nitrogens with zero attached hydrogens (tertiary/aromatic N) is 3. The number of carboxylic acid groups (broad SMARTS) is 1. The van der Waals surface area contributed by atoms with Crippen LogP contribution in [0.5, 0.6) is 5.75 Å². The van der Waals surface area contributed by atoms with Gasteiger partial charge in [0.05, 0.1) is 29.2 Å². The summed E-state index contributed by atoms with van der Waals surface area (Å²) in [7, 11) is 1.85. The van der Waals surface area contributed by atoms with Crippen LogP contribution in [0.15, 0.2) is 59.7 Å². The molecule has 1 aliphatic heterocycles. The number of halogens is 2. The summed E-state index contributed by atoms with van der Waals surface area (Å²) in [4.78, 5) is 47.3. The van der Waals surface area contributed by atoms with Gasteiger partial charge in [0.25, 0.3) is 5.91 Å². The monoisotopic (exact) mass is 540 g/mol. The van der Waals surface area contributed by atoms with Crippen molar-refractivity contribution in [2.45, 2.75) is 13.8 Å². The maximum Gasteiger partial charge on any atom is 0.341 e. The Labute approximate surface area is 223 Å². The van der Waals surface area contributed by atoms with E-state index in [0.717, 1.165) is 6.54 Å². The van der Waals surface area contributed by atoms with Crippen molar-refractivity contribution in [3.05, 3.63) is 88.0 Å². The van der Waals surface area contributed by atoms with Gasteiger partial charge in [-0.25, -0.2) is 9.18 Å². The SMILES string of the molecule is C.CN1CCN=C1c1ccc(C(=O)Nc2ccc(OCC(=O)O)cc2C(=O)Cc2ccc(Cl)cn2)c(F)c1. The van der Waals surface area contributed by atoms with Crippen molar-refractivity contribution in [3.8, 4) is 5.75 Å². The molecule has 0 radical (unpaired) electrons. The highest BCUT2D eigenvalue weighted by atomic mass is 35.5. The Morgan fingerprint density at radius 1 is 1.13 bits per heavy atom. The molecule has 0 aliphatic carbocycles. The van der Waals surface area contributed by atoms with E-state index in [9.17, 15) is 18.8 Å². The maximum atomic E-state index is 14.9. The number of nitrogens with one attached hydrogen (secondary N) is 1. The fraction of sp³-hybridized carbons (Fsp3) is 0.222. The normalized spacial score (nSPS) is 12.4. The van der Waals surface area contributed by atoms with E-state index in [4.69, 9.17) is 21.4 Å². The van der Waals surface area contributed by atoms with Crippen LogP contribution >= 0.6 is 11.6 Å². The van der Waals surface area contributed by atoms with Crippen LogP contribution in [0, 0.1) is 5.82 Å². The number of carbonyl (C=O) groups is 3. The third-order valence-corrected chi connectivity index (χ3v) is 5.79. The second-order valence-electron chi connectivity index (χ2n) is 8.23. The van der Waals surface area contributed by atoms with Crippen LogP contribution in [0.1, 0.15) is 39.4 Å². The molecule has 9 nitrogen and oxygen atoms in total. The summed E-state index contributed by atoms with van der Waals surface area (Å²) < 4.78 is 20.1. The molecule has 2 N–H and O–H groups in total. The van der Waals surface area contributed by atoms with Gasteiger partial charge in [-0.1, -0.05) is 25.1 Å². The van der Waals surface area contributed by atoms with Crippen molar-refractivity contribution in [3.63, 3.8) is 0 Å². The quantitative estimate of drug-likeness (QED) is 0.387. The number of amidine groups is 1. The van der Waals surface area contributed by atoms with Gasteiger partial charge < -0.3 is 20.1 Å². The Morgan fingerprint density at radius 2 is 1.92 bits per heavy atom. The molecule has 3 aromatic rings. The Bertz CT molecular complexity index is 1390. The van der Waals surface area contributed by atoms with Crippen LogP contribution in [0.2, 0.25) is 5.02 Å².